The van der Waals surface area contributed by atoms with Crippen molar-refractivity contribution in [3.8, 4) is 21.9 Å². The van der Waals surface area contributed by atoms with E-state index in [1.807, 2.05) is 81.7 Å². The lowest BCUT2D eigenvalue weighted by molar-refractivity contribution is -0.141. The van der Waals surface area contributed by atoms with Gasteiger partial charge in [0.15, 0.2) is 5.82 Å². The summed E-state index contributed by atoms with van der Waals surface area (Å²) in [5, 5.41) is 20.6. The summed E-state index contributed by atoms with van der Waals surface area (Å²) < 4.78 is 38.3. The van der Waals surface area contributed by atoms with Gasteiger partial charge in [0.2, 0.25) is 5.91 Å². The molecule has 0 fully saturated rings. The molecule has 6 aromatic heterocycles. The molecule has 2 N–H and O–H groups in total. The van der Waals surface area contributed by atoms with Crippen LogP contribution in [0.4, 0.5) is 0 Å². The number of hydrogen-bond acceptors (Lipinski definition) is 17. The van der Waals surface area contributed by atoms with Crippen LogP contribution in [0.2, 0.25) is 5.02 Å². The van der Waals surface area contributed by atoms with Gasteiger partial charge in [-0.15, -0.1) is 21.5 Å². The van der Waals surface area contributed by atoms with Crippen LogP contribution in [0.5, 0.6) is 5.75 Å². The lowest BCUT2D eigenvalue weighted by Gasteiger charge is -2.15. The Labute approximate surface area is 445 Å². The SMILES string of the molecule is COC(=O)CC1N=C(c2ccc(Cl)cc2)c2c(sc(C(=O)NCCOCCOCCOCCNC(=O)Cn3c(=O)n(C(C)c4ccccn4)c4c5cc(OC)c(-c6c(C)noc6C)cc5ncc43)c2C)-n2c(C)nnc21. The van der Waals surface area contributed by atoms with Crippen molar-refractivity contribution in [2.45, 2.75) is 59.7 Å². The third-order valence-corrected chi connectivity index (χ3v) is 14.5. The van der Waals surface area contributed by atoms with Crippen LogP contribution >= 0.6 is 22.9 Å². The Morgan fingerprint density at radius 1 is 0.882 bits per heavy atom. The third kappa shape index (κ3) is 10.9. The molecule has 1 aliphatic heterocycles. The van der Waals surface area contributed by atoms with Crippen LogP contribution in [0.1, 0.15) is 80.6 Å². The number of halogens is 1. The van der Waals surface area contributed by atoms with E-state index in [2.05, 4.69) is 31.0 Å². The molecule has 0 saturated carbocycles. The number of pyridine rings is 2. The molecule has 0 spiro atoms. The Kier molecular flexibility index (Phi) is 16.5. The predicted octanol–water partition coefficient (Wildman–Crippen LogP) is 6.60. The fraction of sp³-hybridized carbons (Fsp3) is 0.358. The highest BCUT2D eigenvalue weighted by atomic mass is 35.5. The first-order valence-corrected chi connectivity index (χ1v) is 25.7. The van der Waals surface area contributed by atoms with Gasteiger partial charge in [0.25, 0.3) is 5.91 Å². The monoisotopic (exact) mass is 1070 g/mol. The van der Waals surface area contributed by atoms with Crippen LogP contribution in [-0.4, -0.2) is 129 Å². The van der Waals surface area contributed by atoms with E-state index < -0.39 is 23.7 Å². The van der Waals surface area contributed by atoms with Gasteiger partial charge in [0.1, 0.15) is 34.9 Å². The molecule has 0 radical (unpaired) electrons. The number of fused-ring (bicyclic) bond motifs is 6. The highest BCUT2D eigenvalue weighted by Gasteiger charge is 2.34. The largest absolute Gasteiger partial charge is 0.496 e. The summed E-state index contributed by atoms with van der Waals surface area (Å²) >= 11 is 7.53. The van der Waals surface area contributed by atoms with Crippen molar-refractivity contribution < 1.29 is 42.6 Å². The number of aryl methyl sites for hydroxylation is 3. The van der Waals surface area contributed by atoms with Crippen molar-refractivity contribution in [3.63, 3.8) is 0 Å². The zero-order chi connectivity index (χ0) is 53.6. The number of aliphatic imine (C=N–C) groups is 1. The van der Waals surface area contributed by atoms with E-state index in [1.54, 1.807) is 36.2 Å². The number of benzene rings is 2. The maximum atomic E-state index is 14.4. The predicted molar refractivity (Wildman–Crippen MR) is 284 cm³/mol. The molecule has 0 aliphatic carbocycles. The first-order chi connectivity index (χ1) is 36.8. The van der Waals surface area contributed by atoms with Gasteiger partial charge < -0.3 is 38.8 Å². The molecule has 21 nitrogen and oxygen atoms in total. The second-order valence-corrected chi connectivity index (χ2v) is 19.3. The summed E-state index contributed by atoms with van der Waals surface area (Å²) in [6.07, 6.45) is 3.24. The highest BCUT2D eigenvalue weighted by molar-refractivity contribution is 7.17. The van der Waals surface area contributed by atoms with Gasteiger partial charge >= 0.3 is 11.7 Å². The minimum absolute atomic E-state index is 0.0485. The van der Waals surface area contributed by atoms with Crippen LogP contribution in [-0.2, 0) is 35.1 Å². The molecule has 23 heteroatoms. The lowest BCUT2D eigenvalue weighted by atomic mass is 9.99. The number of ether oxygens (including phenoxy) is 5. The molecule has 1 aliphatic rings. The zero-order valence-corrected chi connectivity index (χ0v) is 44.5. The molecular weight excluding hydrogens is 1020 g/mol. The highest BCUT2D eigenvalue weighted by Crippen LogP contribution is 2.41. The van der Waals surface area contributed by atoms with E-state index in [1.165, 1.54) is 23.0 Å². The number of carbonyl (C=O) groups is 3. The average Bonchev–Trinajstić information content (AvgIpc) is 4.15. The molecule has 9 rings (SSSR count). The summed E-state index contributed by atoms with van der Waals surface area (Å²) in [5.41, 5.74) is 7.01. The number of thiophene rings is 1. The molecule has 0 bridgehead atoms. The fourth-order valence-corrected chi connectivity index (χ4v) is 10.7. The van der Waals surface area contributed by atoms with Gasteiger partial charge in [0.05, 0.1) is 117 Å². The first kappa shape index (κ1) is 53.2. The summed E-state index contributed by atoms with van der Waals surface area (Å²) in [6, 6.07) is 15.3. The topological polar surface area (TPSA) is 243 Å². The van der Waals surface area contributed by atoms with E-state index in [0.717, 1.165) is 22.3 Å². The van der Waals surface area contributed by atoms with E-state index in [0.29, 0.717) is 102 Å². The molecule has 2 amide bonds. The third-order valence-electron chi connectivity index (χ3n) is 13.0. The van der Waals surface area contributed by atoms with Crippen molar-refractivity contribution in [1.29, 1.82) is 0 Å². The normalized spacial score (nSPS) is 13.5. The molecular formula is C53H56ClN11O10S. The van der Waals surface area contributed by atoms with Gasteiger partial charge in [-0.2, -0.15) is 0 Å². The van der Waals surface area contributed by atoms with Gasteiger partial charge in [0, 0.05) is 46.4 Å². The Balaban J connectivity index is 0.743. The molecule has 8 aromatic rings. The minimum atomic E-state index is -0.684. The number of aromatic nitrogens is 8. The van der Waals surface area contributed by atoms with E-state index in [4.69, 9.17) is 49.8 Å². The molecule has 396 valence electrons. The second kappa shape index (κ2) is 23.5. The van der Waals surface area contributed by atoms with Crippen LogP contribution < -0.4 is 21.1 Å². The van der Waals surface area contributed by atoms with E-state index in [9.17, 15) is 19.2 Å². The molecule has 7 heterocycles. The molecule has 76 heavy (non-hydrogen) atoms. The van der Waals surface area contributed by atoms with Crippen molar-refractivity contribution in [1.82, 2.24) is 49.7 Å². The van der Waals surface area contributed by atoms with Crippen molar-refractivity contribution in [2.75, 3.05) is 67.0 Å². The Hall–Kier alpha value is -7.63. The van der Waals surface area contributed by atoms with Crippen LogP contribution in [0.3, 0.4) is 0 Å². The van der Waals surface area contributed by atoms with Gasteiger partial charge in [-0.1, -0.05) is 35.0 Å². The summed E-state index contributed by atoms with van der Waals surface area (Å²) in [7, 11) is 2.91. The minimum Gasteiger partial charge on any atom is -0.496 e. The van der Waals surface area contributed by atoms with E-state index >= 15 is 0 Å². The zero-order valence-electron chi connectivity index (χ0n) is 43.0. The molecule has 2 aromatic carbocycles. The number of imidazole rings is 1. The van der Waals surface area contributed by atoms with Crippen LogP contribution in [0, 0.1) is 27.7 Å². The molecule has 0 saturated heterocycles. The second-order valence-electron chi connectivity index (χ2n) is 17.8. The fourth-order valence-electron chi connectivity index (χ4n) is 9.27. The first-order valence-electron chi connectivity index (χ1n) is 24.5. The standard InChI is InChI=1S/C53H56ClN11O10S/c1-29-45-47(34-11-13-35(54)14-12-34)59-40(26-44(67)71-7)50-61-60-33(5)65(50)52(45)76-49(29)51(68)57-17-19-73-21-23-74-22-20-72-18-16-56-43(66)28-63-41-27-58-39-24-37(46-30(2)62-75-32(46)4)42(70-6)25-36(39)48(41)64(53(63)69)31(3)38-10-8-9-15-55-38/h8-15,24-25,27,31,40H,16-23,26,28H2,1-7H3,(H,56,66)(H,57,68). The number of amides is 2. The number of nitrogens with one attached hydrogen (secondary N) is 2. The maximum absolute atomic E-state index is 14.4. The Bertz CT molecular complexity index is 3510. The van der Waals surface area contributed by atoms with Crippen molar-refractivity contribution in [2.24, 2.45) is 4.99 Å². The van der Waals surface area contributed by atoms with E-state index in [-0.39, 0.29) is 57.7 Å². The van der Waals surface area contributed by atoms with Gasteiger partial charge in [-0.3, -0.25) is 43.0 Å². The maximum Gasteiger partial charge on any atom is 0.330 e. The smallest absolute Gasteiger partial charge is 0.330 e. The molecule has 2 atom stereocenters. The summed E-state index contributed by atoms with van der Waals surface area (Å²) in [4.78, 5) is 68.8. The summed E-state index contributed by atoms with van der Waals surface area (Å²) in [6.45, 7) is 11.1. The quantitative estimate of drug-likeness (QED) is 0.0537. The van der Waals surface area contributed by atoms with Crippen molar-refractivity contribution in [3.05, 3.63) is 133 Å². The van der Waals surface area contributed by atoms with Gasteiger partial charge in [-0.25, -0.2) is 4.79 Å². The number of carbonyl (C=O) groups excluding carboxylic acids is 3. The number of nitrogens with zero attached hydrogens (tertiary/aromatic N) is 9. The molecule has 2 unspecified atom stereocenters. The lowest BCUT2D eigenvalue weighted by Crippen LogP contribution is -2.35. The summed E-state index contributed by atoms with van der Waals surface area (Å²) in [5.74, 6) is 1.13. The number of hydrogen-bond donors (Lipinski definition) is 2. The Morgan fingerprint density at radius 2 is 1.61 bits per heavy atom. The number of esters is 1. The Morgan fingerprint density at radius 3 is 2.28 bits per heavy atom. The van der Waals surface area contributed by atoms with Gasteiger partial charge in [-0.05, 0) is 76.6 Å². The number of methoxy groups -OCH3 is 2. The van der Waals surface area contributed by atoms with Crippen LogP contribution in [0.15, 0.2) is 81.3 Å². The number of rotatable bonds is 22. The van der Waals surface area contributed by atoms with Crippen LogP contribution in [0.25, 0.3) is 38.1 Å². The van der Waals surface area contributed by atoms with Crippen molar-refractivity contribution >= 4 is 68.4 Å². The average molecular weight is 1070 g/mol.